The van der Waals surface area contributed by atoms with E-state index in [2.05, 4.69) is 15.1 Å². The van der Waals surface area contributed by atoms with E-state index in [1.165, 1.54) is 18.7 Å². The number of aryl methyl sites for hydroxylation is 1. The molecule has 0 atom stereocenters. The van der Waals surface area contributed by atoms with Gasteiger partial charge in [0, 0.05) is 12.2 Å². The first-order chi connectivity index (χ1) is 14.7. The van der Waals surface area contributed by atoms with Crippen molar-refractivity contribution in [3.63, 3.8) is 0 Å². The number of hydrogen-bond acceptors (Lipinski definition) is 5. The first kappa shape index (κ1) is 23.7. The van der Waals surface area contributed by atoms with Crippen LogP contribution >= 0.6 is 23.2 Å². The summed E-state index contributed by atoms with van der Waals surface area (Å²) in [6, 6.07) is 4.62. The third-order valence-electron chi connectivity index (χ3n) is 5.28. The van der Waals surface area contributed by atoms with Crippen molar-refractivity contribution < 1.29 is 13.2 Å². The van der Waals surface area contributed by atoms with Crippen molar-refractivity contribution in [2.75, 3.05) is 11.9 Å². The summed E-state index contributed by atoms with van der Waals surface area (Å²) in [5.41, 5.74) is 0.168. The van der Waals surface area contributed by atoms with E-state index in [4.69, 9.17) is 23.2 Å². The summed E-state index contributed by atoms with van der Waals surface area (Å²) >= 11 is 11.5. The molecule has 0 aliphatic heterocycles. The lowest BCUT2D eigenvalue weighted by Gasteiger charge is -2.22. The molecule has 0 bridgehead atoms. The summed E-state index contributed by atoms with van der Waals surface area (Å²) in [6.07, 6.45) is 6.69. The van der Waals surface area contributed by atoms with E-state index in [1.807, 2.05) is 0 Å². The summed E-state index contributed by atoms with van der Waals surface area (Å²) in [6.45, 7) is 1.70. The Bertz CT molecular complexity index is 1130. The number of amides is 1. The molecule has 2 N–H and O–H groups in total. The zero-order chi connectivity index (χ0) is 22.6. The minimum atomic E-state index is -3.73. The van der Waals surface area contributed by atoms with E-state index >= 15 is 0 Å². The summed E-state index contributed by atoms with van der Waals surface area (Å²) < 4.78 is 29.2. The van der Waals surface area contributed by atoms with Crippen LogP contribution in [0.15, 0.2) is 34.1 Å². The van der Waals surface area contributed by atoms with Gasteiger partial charge in [-0.2, -0.15) is 5.10 Å². The fourth-order valence-corrected chi connectivity index (χ4v) is 5.21. The molecule has 11 heteroatoms. The number of carbonyl (C=O) groups is 1. The molecule has 8 nitrogen and oxygen atoms in total. The van der Waals surface area contributed by atoms with Gasteiger partial charge in [0.1, 0.15) is 11.6 Å². The van der Waals surface area contributed by atoms with Gasteiger partial charge in [0.15, 0.2) is 0 Å². The maximum atomic E-state index is 12.8. The second-order valence-corrected chi connectivity index (χ2v) is 10.2. The van der Waals surface area contributed by atoms with Gasteiger partial charge in [-0.15, -0.1) is 0 Å². The number of carbonyl (C=O) groups excluding carboxylic acids is 1. The largest absolute Gasteiger partial charge is 0.324 e. The van der Waals surface area contributed by atoms with E-state index < -0.39 is 28.0 Å². The van der Waals surface area contributed by atoms with Crippen molar-refractivity contribution in [3.8, 4) is 0 Å². The summed E-state index contributed by atoms with van der Waals surface area (Å²) in [5, 5.41) is 6.14. The molecule has 1 heterocycles. The molecule has 0 radical (unpaired) electrons. The van der Waals surface area contributed by atoms with Crippen molar-refractivity contribution in [2.24, 2.45) is 5.92 Å². The number of aromatic nitrogens is 2. The molecule has 31 heavy (non-hydrogen) atoms. The predicted molar refractivity (Wildman–Crippen MR) is 120 cm³/mol. The molecule has 1 fully saturated rings. The molecular formula is C20H24Cl2N4O4S. The van der Waals surface area contributed by atoms with Crippen LogP contribution in [0.3, 0.4) is 0 Å². The molecular weight excluding hydrogens is 463 g/mol. The van der Waals surface area contributed by atoms with Crippen LogP contribution in [0.4, 0.5) is 5.69 Å². The topological polar surface area (TPSA) is 110 Å². The Labute approximate surface area is 191 Å². The number of benzene rings is 1. The fraction of sp³-hybridized carbons (Fsp3) is 0.450. The van der Waals surface area contributed by atoms with Crippen molar-refractivity contribution in [2.45, 2.75) is 50.5 Å². The summed E-state index contributed by atoms with van der Waals surface area (Å²) in [4.78, 5) is 24.5. The highest BCUT2D eigenvalue weighted by Gasteiger charge is 2.21. The van der Waals surface area contributed by atoms with Crippen LogP contribution in [-0.4, -0.2) is 30.7 Å². The van der Waals surface area contributed by atoms with Crippen molar-refractivity contribution >= 4 is 44.8 Å². The molecule has 0 spiro atoms. The zero-order valence-electron chi connectivity index (χ0n) is 17.0. The normalized spacial score (nSPS) is 15.1. The van der Waals surface area contributed by atoms with Crippen LogP contribution in [0.5, 0.6) is 0 Å². The predicted octanol–water partition coefficient (Wildman–Crippen LogP) is 3.36. The van der Waals surface area contributed by atoms with Gasteiger partial charge in [-0.1, -0.05) is 48.5 Å². The lowest BCUT2D eigenvalue weighted by molar-refractivity contribution is -0.117. The van der Waals surface area contributed by atoms with Crippen molar-refractivity contribution in [1.29, 1.82) is 0 Å². The molecule has 168 valence electrons. The molecule has 1 amide bonds. The number of anilines is 1. The molecule has 1 aliphatic carbocycles. The van der Waals surface area contributed by atoms with Crippen molar-refractivity contribution in [1.82, 2.24) is 14.5 Å². The number of rotatable bonds is 7. The smallest absolute Gasteiger partial charge is 0.287 e. The van der Waals surface area contributed by atoms with Gasteiger partial charge < -0.3 is 5.32 Å². The number of nitrogens with zero attached hydrogens (tertiary/aromatic N) is 2. The Balaban J connectivity index is 1.70. The van der Waals surface area contributed by atoms with Gasteiger partial charge in [0.25, 0.3) is 5.56 Å². The number of hydrogen-bond donors (Lipinski definition) is 2. The Kier molecular flexibility index (Phi) is 7.74. The Morgan fingerprint density at radius 1 is 1.23 bits per heavy atom. The molecule has 1 aliphatic rings. The molecule has 0 unspecified atom stereocenters. The highest BCUT2D eigenvalue weighted by molar-refractivity contribution is 7.89. The molecule has 3 rings (SSSR count). The number of sulfonamides is 1. The molecule has 2 aromatic rings. The third-order valence-corrected chi connectivity index (χ3v) is 7.60. The second kappa shape index (κ2) is 10.1. The quantitative estimate of drug-likeness (QED) is 0.623. The molecule has 1 aromatic carbocycles. The minimum absolute atomic E-state index is 0.00238. The van der Waals surface area contributed by atoms with E-state index in [9.17, 15) is 18.0 Å². The first-order valence-corrected chi connectivity index (χ1v) is 12.2. The van der Waals surface area contributed by atoms with Crippen LogP contribution < -0.4 is 15.6 Å². The highest BCUT2D eigenvalue weighted by Crippen LogP contribution is 2.25. The van der Waals surface area contributed by atoms with E-state index in [0.29, 0.717) is 23.7 Å². The van der Waals surface area contributed by atoms with Gasteiger partial charge in [-0.05, 0) is 43.4 Å². The van der Waals surface area contributed by atoms with Crippen LogP contribution in [-0.2, 0) is 21.4 Å². The average molecular weight is 487 g/mol. The van der Waals surface area contributed by atoms with Gasteiger partial charge >= 0.3 is 0 Å². The average Bonchev–Trinajstić information content (AvgIpc) is 2.75. The monoisotopic (exact) mass is 486 g/mol. The van der Waals surface area contributed by atoms with Gasteiger partial charge in [0.05, 0.1) is 16.1 Å². The first-order valence-electron chi connectivity index (χ1n) is 9.98. The maximum Gasteiger partial charge on any atom is 0.287 e. The van der Waals surface area contributed by atoms with Crippen LogP contribution in [0, 0.1) is 12.8 Å². The molecule has 1 aromatic heterocycles. The third kappa shape index (κ3) is 6.06. The lowest BCUT2D eigenvalue weighted by atomic mass is 9.90. The Morgan fingerprint density at radius 2 is 1.94 bits per heavy atom. The highest BCUT2D eigenvalue weighted by atomic mass is 35.5. The van der Waals surface area contributed by atoms with E-state index in [-0.39, 0.29) is 14.9 Å². The number of halogens is 2. The van der Waals surface area contributed by atoms with Crippen LogP contribution in [0.25, 0.3) is 0 Å². The Morgan fingerprint density at radius 3 is 2.65 bits per heavy atom. The van der Waals surface area contributed by atoms with Crippen LogP contribution in [0.1, 0.15) is 37.7 Å². The lowest BCUT2D eigenvalue weighted by Crippen LogP contribution is -2.31. The molecule has 1 saturated carbocycles. The summed E-state index contributed by atoms with van der Waals surface area (Å²) in [7, 11) is -3.73. The Hall–Kier alpha value is -1.94. The van der Waals surface area contributed by atoms with E-state index in [0.717, 1.165) is 30.4 Å². The van der Waals surface area contributed by atoms with Gasteiger partial charge in [0.2, 0.25) is 15.9 Å². The van der Waals surface area contributed by atoms with E-state index in [1.54, 1.807) is 19.1 Å². The van der Waals surface area contributed by atoms with Gasteiger partial charge in [-0.3, -0.25) is 9.59 Å². The fourth-order valence-electron chi connectivity index (χ4n) is 3.56. The van der Waals surface area contributed by atoms with Gasteiger partial charge in [-0.25, -0.2) is 17.8 Å². The second-order valence-electron chi connectivity index (χ2n) is 7.65. The minimum Gasteiger partial charge on any atom is -0.324 e. The zero-order valence-corrected chi connectivity index (χ0v) is 19.4. The standard InChI is InChI=1S/C20H24Cl2N4O4S/c1-13-7-8-15(25-18(27)12-26-20(28)19(22)16(21)11-23-26)9-17(13)31(29,30)24-10-14-5-3-2-4-6-14/h7-9,11,14,24H,2-6,10,12H2,1H3,(H,25,27). The SMILES string of the molecule is Cc1ccc(NC(=O)Cn2ncc(Cl)c(Cl)c2=O)cc1S(=O)(=O)NCC1CCCCC1. The van der Waals surface area contributed by atoms with Crippen molar-refractivity contribution in [3.05, 3.63) is 50.4 Å². The molecule has 0 saturated heterocycles. The summed E-state index contributed by atoms with van der Waals surface area (Å²) in [5.74, 6) is -0.209. The maximum absolute atomic E-state index is 12.8. The van der Waals surface area contributed by atoms with Crippen LogP contribution in [0.2, 0.25) is 10.0 Å². The number of nitrogens with one attached hydrogen (secondary N) is 2.